The average Bonchev–Trinajstić information content (AvgIpc) is 2.07. The highest BCUT2D eigenvalue weighted by molar-refractivity contribution is 6.32. The molecule has 0 heterocycles. The van der Waals surface area contributed by atoms with E-state index in [4.69, 9.17) is 16.3 Å². The molecule has 0 N–H and O–H groups in total. The van der Waals surface area contributed by atoms with E-state index in [-0.39, 0.29) is 0 Å². The Kier molecular flexibility index (Phi) is 3.18. The lowest BCUT2D eigenvalue weighted by Gasteiger charge is -1.99. The molecular weight excluding hydrogens is 172 g/mol. The van der Waals surface area contributed by atoms with Crippen LogP contribution in [0.25, 0.3) is 6.08 Å². The van der Waals surface area contributed by atoms with Gasteiger partial charge >= 0.3 is 0 Å². The highest BCUT2D eigenvalue weighted by Crippen LogP contribution is 2.18. The summed E-state index contributed by atoms with van der Waals surface area (Å²) >= 11 is 5.93. The molecule has 0 aromatic heterocycles. The van der Waals surface area contributed by atoms with Crippen LogP contribution in [0.3, 0.4) is 0 Å². The molecule has 2 heteroatoms. The molecule has 0 saturated heterocycles. The highest BCUT2D eigenvalue weighted by atomic mass is 35.5. The molecule has 0 radical (unpaired) electrons. The normalized spacial score (nSPS) is 10.6. The summed E-state index contributed by atoms with van der Waals surface area (Å²) in [6.07, 6.45) is 3.45. The number of halogens is 1. The van der Waals surface area contributed by atoms with Gasteiger partial charge in [-0.15, -0.1) is 0 Å². The van der Waals surface area contributed by atoms with Crippen molar-refractivity contribution in [3.63, 3.8) is 0 Å². The summed E-state index contributed by atoms with van der Waals surface area (Å²) in [5.74, 6) is 0. The minimum atomic E-state index is 0.744. The maximum absolute atomic E-state index is 5.93. The molecule has 1 aromatic carbocycles. The second-order valence-electron chi connectivity index (χ2n) is 2.56. The second kappa shape index (κ2) is 4.17. The van der Waals surface area contributed by atoms with Gasteiger partial charge in [-0.2, -0.15) is 0 Å². The number of ether oxygens (including phenoxy) is 1. The fraction of sp³-hybridized carbons (Fsp3) is 0.200. The lowest BCUT2D eigenvalue weighted by molar-refractivity contribution is 0.341. The minimum Gasteiger partial charge on any atom is -0.504 e. The molecule has 0 atom stereocenters. The van der Waals surface area contributed by atoms with Crippen molar-refractivity contribution in [1.82, 2.24) is 0 Å². The lowest BCUT2D eigenvalue weighted by Crippen LogP contribution is -1.78. The first kappa shape index (κ1) is 9.14. The van der Waals surface area contributed by atoms with Crippen molar-refractivity contribution in [3.8, 4) is 0 Å². The van der Waals surface area contributed by atoms with Gasteiger partial charge < -0.3 is 4.74 Å². The van der Waals surface area contributed by atoms with Crippen molar-refractivity contribution in [3.05, 3.63) is 40.6 Å². The summed E-state index contributed by atoms with van der Waals surface area (Å²) in [5.41, 5.74) is 2.17. The van der Waals surface area contributed by atoms with Crippen molar-refractivity contribution < 1.29 is 4.74 Å². The molecule has 64 valence electrons. The van der Waals surface area contributed by atoms with Crippen LogP contribution < -0.4 is 0 Å². The summed E-state index contributed by atoms with van der Waals surface area (Å²) in [7, 11) is 1.61. The van der Waals surface area contributed by atoms with Gasteiger partial charge in [-0.25, -0.2) is 0 Å². The number of benzene rings is 1. The zero-order chi connectivity index (χ0) is 8.97. The predicted octanol–water partition coefficient (Wildman–Crippen LogP) is 3.27. The maximum atomic E-state index is 5.93. The fourth-order valence-electron chi connectivity index (χ4n) is 0.932. The van der Waals surface area contributed by atoms with Gasteiger partial charge in [0.05, 0.1) is 13.4 Å². The van der Waals surface area contributed by atoms with Crippen LogP contribution in [0.15, 0.2) is 24.5 Å². The van der Waals surface area contributed by atoms with Crippen molar-refractivity contribution >= 4 is 17.7 Å². The molecule has 0 aliphatic carbocycles. The second-order valence-corrected chi connectivity index (χ2v) is 2.97. The van der Waals surface area contributed by atoms with E-state index < -0.39 is 0 Å². The van der Waals surface area contributed by atoms with Crippen molar-refractivity contribution in [2.75, 3.05) is 7.11 Å². The van der Waals surface area contributed by atoms with Gasteiger partial charge in [-0.05, 0) is 24.6 Å². The third-order valence-corrected chi connectivity index (χ3v) is 1.88. The fourth-order valence-corrected chi connectivity index (χ4v) is 1.11. The summed E-state index contributed by atoms with van der Waals surface area (Å²) in [5, 5.41) is 0.744. The van der Waals surface area contributed by atoms with E-state index in [1.165, 1.54) is 5.56 Å². The molecule has 1 aromatic rings. The van der Waals surface area contributed by atoms with E-state index in [9.17, 15) is 0 Å². The Balaban J connectivity index is 2.97. The lowest BCUT2D eigenvalue weighted by atomic mass is 10.1. The number of methoxy groups -OCH3 is 1. The van der Waals surface area contributed by atoms with E-state index in [1.54, 1.807) is 13.4 Å². The predicted molar refractivity (Wildman–Crippen MR) is 52.2 cm³/mol. The zero-order valence-electron chi connectivity index (χ0n) is 7.17. The van der Waals surface area contributed by atoms with Crippen LogP contribution in [0.4, 0.5) is 0 Å². The van der Waals surface area contributed by atoms with Crippen LogP contribution in [0.5, 0.6) is 0 Å². The number of hydrogen-bond acceptors (Lipinski definition) is 1. The third kappa shape index (κ3) is 2.28. The van der Waals surface area contributed by atoms with Crippen molar-refractivity contribution in [2.24, 2.45) is 0 Å². The first-order valence-corrected chi connectivity index (χ1v) is 4.07. The molecule has 0 bridgehead atoms. The zero-order valence-corrected chi connectivity index (χ0v) is 7.93. The summed E-state index contributed by atoms with van der Waals surface area (Å²) in [4.78, 5) is 0. The van der Waals surface area contributed by atoms with Gasteiger partial charge in [0.1, 0.15) is 0 Å². The molecule has 0 unspecified atom stereocenters. The first-order chi connectivity index (χ1) is 5.74. The largest absolute Gasteiger partial charge is 0.504 e. The van der Waals surface area contributed by atoms with E-state index in [2.05, 4.69) is 0 Å². The number of hydrogen-bond donors (Lipinski definition) is 0. The number of rotatable bonds is 2. The van der Waals surface area contributed by atoms with Crippen LogP contribution >= 0.6 is 11.6 Å². The van der Waals surface area contributed by atoms with Gasteiger partial charge in [-0.1, -0.05) is 29.3 Å². The van der Waals surface area contributed by atoms with Crippen LogP contribution in [-0.4, -0.2) is 7.11 Å². The molecule has 0 aliphatic heterocycles. The smallest absolute Gasteiger partial charge is 0.0831 e. The molecule has 0 saturated carbocycles. The topological polar surface area (TPSA) is 9.23 Å². The Morgan fingerprint density at radius 2 is 2.17 bits per heavy atom. The SMILES string of the molecule is CO/C=C/c1cc(C)ccc1Cl. The molecule has 1 nitrogen and oxygen atoms in total. The molecule has 12 heavy (non-hydrogen) atoms. The Bertz CT molecular complexity index is 292. The summed E-state index contributed by atoms with van der Waals surface area (Å²) in [6, 6.07) is 5.87. The van der Waals surface area contributed by atoms with E-state index in [1.807, 2.05) is 31.2 Å². The molecule has 0 fully saturated rings. The molecule has 1 rings (SSSR count). The molecule has 0 aliphatic rings. The van der Waals surface area contributed by atoms with Crippen LogP contribution in [0, 0.1) is 6.92 Å². The molecule has 0 amide bonds. The maximum Gasteiger partial charge on any atom is 0.0831 e. The van der Waals surface area contributed by atoms with Gasteiger partial charge in [-0.3, -0.25) is 0 Å². The Hall–Kier alpha value is -0.950. The Morgan fingerprint density at radius 3 is 2.83 bits per heavy atom. The molecule has 0 spiro atoms. The van der Waals surface area contributed by atoms with Gasteiger partial charge in [0, 0.05) is 5.02 Å². The molecular formula is C10H11ClO. The first-order valence-electron chi connectivity index (χ1n) is 3.69. The van der Waals surface area contributed by atoms with Crippen molar-refractivity contribution in [1.29, 1.82) is 0 Å². The summed E-state index contributed by atoms with van der Waals surface area (Å²) in [6.45, 7) is 2.03. The van der Waals surface area contributed by atoms with Crippen LogP contribution in [-0.2, 0) is 4.74 Å². The highest BCUT2D eigenvalue weighted by Gasteiger charge is 1.95. The van der Waals surface area contributed by atoms with Gasteiger partial charge in [0.15, 0.2) is 0 Å². The minimum absolute atomic E-state index is 0.744. The quantitative estimate of drug-likeness (QED) is 0.638. The standard InChI is InChI=1S/C10H11ClO/c1-8-3-4-10(11)9(7-8)5-6-12-2/h3-7H,1-2H3/b6-5+. The van der Waals surface area contributed by atoms with E-state index in [0.717, 1.165) is 10.6 Å². The third-order valence-electron chi connectivity index (χ3n) is 1.54. The number of aryl methyl sites for hydroxylation is 1. The van der Waals surface area contributed by atoms with E-state index >= 15 is 0 Å². The monoisotopic (exact) mass is 182 g/mol. The Morgan fingerprint density at radius 1 is 1.42 bits per heavy atom. The Labute approximate surface area is 77.6 Å². The van der Waals surface area contributed by atoms with E-state index in [0.29, 0.717) is 0 Å². The van der Waals surface area contributed by atoms with Gasteiger partial charge in [0.25, 0.3) is 0 Å². The van der Waals surface area contributed by atoms with Crippen LogP contribution in [0.1, 0.15) is 11.1 Å². The van der Waals surface area contributed by atoms with Gasteiger partial charge in [0.2, 0.25) is 0 Å². The average molecular weight is 183 g/mol. The van der Waals surface area contributed by atoms with Crippen molar-refractivity contribution in [2.45, 2.75) is 6.92 Å². The summed E-state index contributed by atoms with van der Waals surface area (Å²) < 4.78 is 4.80. The van der Waals surface area contributed by atoms with Crippen LogP contribution in [0.2, 0.25) is 5.02 Å².